The third-order valence-electron chi connectivity index (χ3n) is 3.84. The van der Waals surface area contributed by atoms with Gasteiger partial charge in [-0.15, -0.1) is 0 Å². The lowest BCUT2D eigenvalue weighted by Crippen LogP contribution is -2.27. The van der Waals surface area contributed by atoms with Gasteiger partial charge in [0.1, 0.15) is 0 Å². The predicted molar refractivity (Wildman–Crippen MR) is 63.1 cm³/mol. The molecular formula is C12H19N3O2. The average Bonchev–Trinajstić information content (AvgIpc) is 3.01. The van der Waals surface area contributed by atoms with E-state index in [0.29, 0.717) is 17.3 Å². The molecule has 3 heterocycles. The van der Waals surface area contributed by atoms with Gasteiger partial charge < -0.3 is 14.2 Å². The minimum Gasteiger partial charge on any atom is -0.381 e. The van der Waals surface area contributed by atoms with Gasteiger partial charge in [0.15, 0.2) is 5.82 Å². The second-order valence-corrected chi connectivity index (χ2v) is 5.56. The number of hydrogen-bond acceptors (Lipinski definition) is 5. The number of anilines is 1. The summed E-state index contributed by atoms with van der Waals surface area (Å²) in [5.74, 6) is 1.11. The van der Waals surface area contributed by atoms with Crippen molar-refractivity contribution in [3.05, 3.63) is 5.82 Å². The van der Waals surface area contributed by atoms with Gasteiger partial charge in [-0.1, -0.05) is 19.0 Å². The van der Waals surface area contributed by atoms with E-state index in [0.717, 1.165) is 38.5 Å². The van der Waals surface area contributed by atoms with E-state index in [1.807, 2.05) is 0 Å². The molecule has 0 saturated carbocycles. The minimum absolute atomic E-state index is 0.318. The maximum absolute atomic E-state index is 5.52. The van der Waals surface area contributed by atoms with E-state index in [1.54, 1.807) is 0 Å². The van der Waals surface area contributed by atoms with Crippen LogP contribution in [0.5, 0.6) is 0 Å². The second-order valence-electron chi connectivity index (χ2n) is 5.56. The molecule has 0 aliphatic carbocycles. The predicted octanol–water partition coefficient (Wildman–Crippen LogP) is 1.81. The first-order valence-corrected chi connectivity index (χ1v) is 6.35. The molecule has 1 spiro atoms. The van der Waals surface area contributed by atoms with E-state index in [9.17, 15) is 0 Å². The summed E-state index contributed by atoms with van der Waals surface area (Å²) in [5, 5.41) is 4.02. The van der Waals surface area contributed by atoms with Crippen LogP contribution in [0.25, 0.3) is 0 Å². The molecule has 3 rings (SSSR count). The van der Waals surface area contributed by atoms with Gasteiger partial charge >= 0.3 is 6.01 Å². The SMILES string of the molecule is CC(C)c1noc(N2CC[C@@]3(CCOC3)C2)n1. The molecule has 2 aliphatic heterocycles. The van der Waals surface area contributed by atoms with Crippen molar-refractivity contribution >= 4 is 6.01 Å². The highest BCUT2D eigenvalue weighted by atomic mass is 16.5. The van der Waals surface area contributed by atoms with Crippen molar-refractivity contribution in [3.63, 3.8) is 0 Å². The van der Waals surface area contributed by atoms with Crippen LogP contribution in [-0.4, -0.2) is 36.4 Å². The molecule has 0 bridgehead atoms. The zero-order valence-corrected chi connectivity index (χ0v) is 10.5. The van der Waals surface area contributed by atoms with Crippen LogP contribution in [0.15, 0.2) is 4.52 Å². The zero-order valence-electron chi connectivity index (χ0n) is 10.5. The molecule has 0 radical (unpaired) electrons. The summed E-state index contributed by atoms with van der Waals surface area (Å²) in [6.07, 6.45) is 2.33. The largest absolute Gasteiger partial charge is 0.381 e. The quantitative estimate of drug-likeness (QED) is 0.785. The first kappa shape index (κ1) is 11.0. The van der Waals surface area contributed by atoms with Crippen LogP contribution < -0.4 is 4.90 Å². The van der Waals surface area contributed by atoms with Crippen LogP contribution >= 0.6 is 0 Å². The number of hydrogen-bond donors (Lipinski definition) is 0. The molecule has 0 aromatic carbocycles. The first-order chi connectivity index (χ1) is 8.19. The smallest absolute Gasteiger partial charge is 0.324 e. The number of aromatic nitrogens is 2. The summed E-state index contributed by atoms with van der Waals surface area (Å²) in [6, 6.07) is 0.678. The summed E-state index contributed by atoms with van der Waals surface area (Å²) in [4.78, 5) is 6.66. The highest BCUT2D eigenvalue weighted by molar-refractivity contribution is 5.29. The summed E-state index contributed by atoms with van der Waals surface area (Å²) in [6.45, 7) is 7.93. The van der Waals surface area contributed by atoms with E-state index in [-0.39, 0.29) is 0 Å². The van der Waals surface area contributed by atoms with Crippen molar-refractivity contribution in [3.8, 4) is 0 Å². The van der Waals surface area contributed by atoms with Gasteiger partial charge in [0.2, 0.25) is 0 Å². The normalized spacial score (nSPS) is 28.8. The molecule has 5 nitrogen and oxygen atoms in total. The van der Waals surface area contributed by atoms with Crippen LogP contribution in [0, 0.1) is 5.41 Å². The fourth-order valence-electron chi connectivity index (χ4n) is 2.66. The lowest BCUT2D eigenvalue weighted by Gasteiger charge is -2.20. The summed E-state index contributed by atoms with van der Waals surface area (Å²) < 4.78 is 10.9. The van der Waals surface area contributed by atoms with Gasteiger partial charge in [0, 0.05) is 31.0 Å². The molecule has 0 unspecified atom stereocenters. The molecule has 0 amide bonds. The van der Waals surface area contributed by atoms with Gasteiger partial charge in [0.25, 0.3) is 0 Å². The van der Waals surface area contributed by atoms with Crippen molar-refractivity contribution in [2.75, 3.05) is 31.2 Å². The monoisotopic (exact) mass is 237 g/mol. The van der Waals surface area contributed by atoms with Crippen molar-refractivity contribution in [1.82, 2.24) is 10.1 Å². The number of ether oxygens (including phenoxy) is 1. The van der Waals surface area contributed by atoms with Crippen LogP contribution in [-0.2, 0) is 4.74 Å². The van der Waals surface area contributed by atoms with E-state index in [1.165, 1.54) is 6.42 Å². The van der Waals surface area contributed by atoms with Crippen molar-refractivity contribution in [2.45, 2.75) is 32.6 Å². The highest BCUT2D eigenvalue weighted by Crippen LogP contribution is 2.39. The van der Waals surface area contributed by atoms with Gasteiger partial charge in [-0.05, 0) is 12.8 Å². The first-order valence-electron chi connectivity index (χ1n) is 6.35. The van der Waals surface area contributed by atoms with Crippen LogP contribution in [0.3, 0.4) is 0 Å². The van der Waals surface area contributed by atoms with Gasteiger partial charge in [-0.2, -0.15) is 4.98 Å². The molecule has 94 valence electrons. The summed E-state index contributed by atoms with van der Waals surface area (Å²) in [5.41, 5.74) is 0.340. The second kappa shape index (κ2) is 3.98. The maximum atomic E-state index is 5.52. The Balaban J connectivity index is 1.73. The Morgan fingerprint density at radius 1 is 1.35 bits per heavy atom. The van der Waals surface area contributed by atoms with E-state index in [4.69, 9.17) is 9.26 Å². The third-order valence-corrected chi connectivity index (χ3v) is 3.84. The molecule has 2 saturated heterocycles. The Morgan fingerprint density at radius 3 is 2.88 bits per heavy atom. The molecular weight excluding hydrogens is 218 g/mol. The van der Waals surface area contributed by atoms with Gasteiger partial charge in [-0.3, -0.25) is 0 Å². The van der Waals surface area contributed by atoms with E-state index < -0.39 is 0 Å². The molecule has 2 aliphatic rings. The van der Waals surface area contributed by atoms with Gasteiger partial charge in [-0.25, -0.2) is 0 Å². The summed E-state index contributed by atoms with van der Waals surface area (Å²) >= 11 is 0. The molecule has 17 heavy (non-hydrogen) atoms. The third kappa shape index (κ3) is 1.92. The van der Waals surface area contributed by atoms with E-state index in [2.05, 4.69) is 28.9 Å². The van der Waals surface area contributed by atoms with Crippen LogP contribution in [0.2, 0.25) is 0 Å². The Kier molecular flexibility index (Phi) is 2.58. The minimum atomic E-state index is 0.318. The molecule has 2 fully saturated rings. The summed E-state index contributed by atoms with van der Waals surface area (Å²) in [7, 11) is 0. The highest BCUT2D eigenvalue weighted by Gasteiger charge is 2.42. The molecule has 5 heteroatoms. The van der Waals surface area contributed by atoms with Crippen molar-refractivity contribution in [1.29, 1.82) is 0 Å². The standard InChI is InChI=1S/C12H19N3O2/c1-9(2)10-13-11(17-14-10)15-5-3-12(7-15)4-6-16-8-12/h9H,3-8H2,1-2H3/t12-/m1/s1. The zero-order chi connectivity index (χ0) is 11.9. The Labute approximate surface area is 101 Å². The Bertz CT molecular complexity index is 396. The topological polar surface area (TPSA) is 51.4 Å². The molecule has 0 N–H and O–H groups in total. The number of nitrogens with zero attached hydrogens (tertiary/aromatic N) is 3. The lowest BCUT2D eigenvalue weighted by atomic mass is 9.87. The van der Waals surface area contributed by atoms with Crippen LogP contribution in [0.4, 0.5) is 6.01 Å². The van der Waals surface area contributed by atoms with Gasteiger partial charge in [0.05, 0.1) is 6.61 Å². The maximum Gasteiger partial charge on any atom is 0.324 e. The van der Waals surface area contributed by atoms with Crippen LogP contribution in [0.1, 0.15) is 38.4 Å². The fraction of sp³-hybridized carbons (Fsp3) is 0.833. The van der Waals surface area contributed by atoms with Crippen molar-refractivity contribution < 1.29 is 9.26 Å². The lowest BCUT2D eigenvalue weighted by molar-refractivity contribution is 0.160. The molecule has 1 aromatic rings. The molecule has 1 atom stereocenters. The van der Waals surface area contributed by atoms with E-state index >= 15 is 0 Å². The van der Waals surface area contributed by atoms with Crippen molar-refractivity contribution in [2.24, 2.45) is 5.41 Å². The Hall–Kier alpha value is -1.10. The fourth-order valence-corrected chi connectivity index (χ4v) is 2.66. The average molecular weight is 237 g/mol. The number of rotatable bonds is 2. The molecule has 1 aromatic heterocycles. The Morgan fingerprint density at radius 2 is 2.24 bits per heavy atom.